The maximum Gasteiger partial charge on any atom is 0.335 e. The first-order valence-electron chi connectivity index (χ1n) is 21.0. The van der Waals surface area contributed by atoms with E-state index in [1.165, 1.54) is 49.7 Å². The third-order valence-corrected chi connectivity index (χ3v) is 17.2. The zero-order valence-corrected chi connectivity index (χ0v) is 34.1. The number of fused-ring (bicyclic) bond motifs is 7. The zero-order chi connectivity index (χ0) is 37.4. The molecule has 5 fully saturated rings. The molecular weight excluding hydrogens is 645 g/mol. The summed E-state index contributed by atoms with van der Waals surface area (Å²) < 4.78 is 0. The summed E-state index contributed by atoms with van der Waals surface area (Å²) >= 11 is 0. The smallest absolute Gasteiger partial charge is 0.335 e. The molecular formula is C45H70N4O3. The molecule has 52 heavy (non-hydrogen) atoms. The number of urea groups is 1. The molecule has 7 nitrogen and oxygen atoms in total. The molecule has 7 rings (SSSR count). The number of carbonyl (C=O) groups excluding carboxylic acids is 1. The molecule has 5 aliphatic carbocycles. The van der Waals surface area contributed by atoms with Crippen molar-refractivity contribution >= 4 is 17.6 Å². The molecule has 2 N–H and O–H groups in total. The fourth-order valence-electron chi connectivity index (χ4n) is 14.3. The zero-order valence-electron chi connectivity index (χ0n) is 34.1. The van der Waals surface area contributed by atoms with Crippen LogP contribution in [0.25, 0.3) is 5.57 Å². The summed E-state index contributed by atoms with van der Waals surface area (Å²) in [5.41, 5.74) is 3.59. The van der Waals surface area contributed by atoms with Crippen molar-refractivity contribution in [2.75, 3.05) is 53.4 Å². The molecule has 7 heteroatoms. The number of benzene rings is 1. The lowest BCUT2D eigenvalue weighted by Crippen LogP contribution is -2.69. The van der Waals surface area contributed by atoms with Crippen LogP contribution < -0.4 is 5.32 Å². The summed E-state index contributed by atoms with van der Waals surface area (Å²) in [4.78, 5) is 32.6. The van der Waals surface area contributed by atoms with E-state index in [2.05, 4.69) is 88.7 Å². The van der Waals surface area contributed by atoms with Gasteiger partial charge < -0.3 is 20.2 Å². The van der Waals surface area contributed by atoms with E-state index in [1.54, 1.807) is 12.1 Å². The quantitative estimate of drug-likeness (QED) is 0.296. The lowest BCUT2D eigenvalue weighted by molar-refractivity contribution is -0.220. The highest BCUT2D eigenvalue weighted by Gasteiger charge is 2.70. The largest absolute Gasteiger partial charge is 0.478 e. The predicted molar refractivity (Wildman–Crippen MR) is 211 cm³/mol. The molecule has 9 atom stereocenters. The minimum Gasteiger partial charge on any atom is -0.478 e. The number of rotatable bonds is 7. The topological polar surface area (TPSA) is 76.1 Å². The molecule has 0 bridgehead atoms. The Kier molecular flexibility index (Phi) is 9.79. The third-order valence-electron chi connectivity index (χ3n) is 17.2. The fourth-order valence-corrected chi connectivity index (χ4v) is 14.3. The van der Waals surface area contributed by atoms with E-state index < -0.39 is 5.97 Å². The van der Waals surface area contributed by atoms with Crippen LogP contribution in [-0.4, -0.2) is 90.7 Å². The van der Waals surface area contributed by atoms with Crippen LogP contribution in [0.15, 0.2) is 30.3 Å². The number of carboxylic acids is 1. The number of carbonyl (C=O) groups is 2. The van der Waals surface area contributed by atoms with Crippen molar-refractivity contribution in [1.29, 1.82) is 0 Å². The highest BCUT2D eigenvalue weighted by molar-refractivity contribution is 5.88. The number of likely N-dealkylation sites (N-methyl/N-ethyl adjacent to an activating group) is 1. The Morgan fingerprint density at radius 1 is 0.865 bits per heavy atom. The molecule has 4 saturated carbocycles. The van der Waals surface area contributed by atoms with Crippen LogP contribution in [0.1, 0.15) is 122 Å². The van der Waals surface area contributed by atoms with Gasteiger partial charge in [0.05, 0.1) is 5.56 Å². The Hall–Kier alpha value is -2.38. The summed E-state index contributed by atoms with van der Waals surface area (Å²) in [5, 5.41) is 13.4. The van der Waals surface area contributed by atoms with Gasteiger partial charge in [-0.3, -0.25) is 4.90 Å². The van der Waals surface area contributed by atoms with Gasteiger partial charge >= 0.3 is 12.0 Å². The number of carboxylic acid groups (broad SMARTS) is 1. The standard InChI is InChI=1S/C45H70N4O3/c1-30(2)33-16-21-45(46-40(52)49-28-26-48(27-29-49)25-24-47(8)9)23-22-43(6)35(38(33)45)14-15-37-42(5)19-17-34(31-10-12-32(13-11-31)39(50)51)41(3,4)36(42)18-20-44(37,43)7/h10-13,17,30,33,35-38H,14-16,18-29H2,1-9H3,(H,46,52)(H,50,51)/t33-,35+,36-,37+,38+,42-,43+,44+,45-/m0/s1. The van der Waals surface area contributed by atoms with Crippen molar-refractivity contribution in [3.63, 3.8) is 0 Å². The number of nitrogens with zero attached hydrogens (tertiary/aromatic N) is 3. The number of aromatic carboxylic acids is 1. The molecule has 0 spiro atoms. The maximum absolute atomic E-state index is 14.2. The van der Waals surface area contributed by atoms with Crippen molar-refractivity contribution in [2.45, 2.75) is 112 Å². The van der Waals surface area contributed by atoms with Gasteiger partial charge in [-0.15, -0.1) is 0 Å². The van der Waals surface area contributed by atoms with Gasteiger partial charge in [0.25, 0.3) is 0 Å². The van der Waals surface area contributed by atoms with Crippen LogP contribution in [0.2, 0.25) is 0 Å². The monoisotopic (exact) mass is 715 g/mol. The normalized spacial score (nSPS) is 40.0. The van der Waals surface area contributed by atoms with Crippen LogP contribution in [0.5, 0.6) is 0 Å². The molecule has 6 aliphatic rings. The number of piperazine rings is 1. The lowest BCUT2D eigenvalue weighted by atomic mass is 9.33. The molecule has 1 aromatic carbocycles. The average Bonchev–Trinajstić information content (AvgIpc) is 3.47. The van der Waals surface area contributed by atoms with Crippen molar-refractivity contribution in [2.24, 2.45) is 57.2 Å². The van der Waals surface area contributed by atoms with Crippen LogP contribution in [0.3, 0.4) is 0 Å². The van der Waals surface area contributed by atoms with Gasteiger partial charge in [-0.25, -0.2) is 9.59 Å². The lowest BCUT2D eigenvalue weighted by Gasteiger charge is -2.72. The Bertz CT molecular complexity index is 1540. The van der Waals surface area contributed by atoms with Gasteiger partial charge in [0.1, 0.15) is 0 Å². The molecule has 2 amide bonds. The second kappa shape index (κ2) is 13.4. The first-order chi connectivity index (χ1) is 24.5. The van der Waals surface area contributed by atoms with Crippen LogP contribution in [0.4, 0.5) is 4.79 Å². The van der Waals surface area contributed by atoms with E-state index in [1.807, 2.05) is 12.1 Å². The fraction of sp³-hybridized carbons (Fsp3) is 0.778. The van der Waals surface area contributed by atoms with Crippen molar-refractivity contribution < 1.29 is 14.7 Å². The summed E-state index contributed by atoms with van der Waals surface area (Å²) in [6, 6.07) is 7.81. The van der Waals surface area contributed by atoms with Gasteiger partial charge in [-0.1, -0.05) is 66.7 Å². The molecule has 0 aromatic heterocycles. The van der Waals surface area contributed by atoms with Gasteiger partial charge in [0.15, 0.2) is 0 Å². The number of amides is 2. The van der Waals surface area contributed by atoms with E-state index in [9.17, 15) is 14.7 Å². The van der Waals surface area contributed by atoms with E-state index in [0.717, 1.165) is 58.5 Å². The maximum atomic E-state index is 14.2. The molecule has 1 aliphatic heterocycles. The summed E-state index contributed by atoms with van der Waals surface area (Å²) in [6.45, 7) is 23.6. The SMILES string of the molecule is CC(C)[C@@H]1CC[C@]2(NC(=O)N3CCN(CCN(C)C)CC3)CC[C@]3(C)[C@H](CC[C@@H]4[C@@]5(C)CC=C(c6ccc(C(=O)O)cc6)C(C)(C)[C@@H]5CC[C@]43C)[C@@H]12. The van der Waals surface area contributed by atoms with E-state index in [-0.39, 0.29) is 33.2 Å². The Balaban J connectivity index is 1.13. The summed E-state index contributed by atoms with van der Waals surface area (Å²) in [6.07, 6.45) is 13.4. The Labute approximate surface area is 315 Å². The highest BCUT2D eigenvalue weighted by Crippen LogP contribution is 2.76. The van der Waals surface area contributed by atoms with E-state index >= 15 is 0 Å². The molecule has 1 aromatic rings. The number of hydrogen-bond acceptors (Lipinski definition) is 4. The molecule has 0 unspecified atom stereocenters. The summed E-state index contributed by atoms with van der Waals surface area (Å²) in [7, 11) is 4.27. The molecule has 1 heterocycles. The number of hydrogen-bond donors (Lipinski definition) is 2. The van der Waals surface area contributed by atoms with Crippen molar-refractivity contribution in [3.8, 4) is 0 Å². The van der Waals surface area contributed by atoms with Crippen LogP contribution >= 0.6 is 0 Å². The van der Waals surface area contributed by atoms with E-state index in [0.29, 0.717) is 41.1 Å². The first kappa shape index (κ1) is 37.9. The van der Waals surface area contributed by atoms with Crippen LogP contribution in [0, 0.1) is 57.2 Å². The number of nitrogens with one attached hydrogen (secondary N) is 1. The van der Waals surface area contributed by atoms with Gasteiger partial charge in [0, 0.05) is 44.8 Å². The van der Waals surface area contributed by atoms with Crippen molar-refractivity contribution in [1.82, 2.24) is 20.0 Å². The third kappa shape index (κ3) is 5.88. The van der Waals surface area contributed by atoms with Gasteiger partial charge in [0.2, 0.25) is 0 Å². The second-order valence-corrected chi connectivity index (χ2v) is 20.3. The predicted octanol–water partition coefficient (Wildman–Crippen LogP) is 8.76. The second-order valence-electron chi connectivity index (χ2n) is 20.3. The average molecular weight is 715 g/mol. The first-order valence-corrected chi connectivity index (χ1v) is 21.0. The summed E-state index contributed by atoms with van der Waals surface area (Å²) in [5.74, 6) is 2.84. The van der Waals surface area contributed by atoms with Crippen LogP contribution in [-0.2, 0) is 0 Å². The number of allylic oxidation sites excluding steroid dienone is 2. The minimum atomic E-state index is -0.865. The minimum absolute atomic E-state index is 0.00878. The van der Waals surface area contributed by atoms with E-state index in [4.69, 9.17) is 0 Å². The highest BCUT2D eigenvalue weighted by atomic mass is 16.4. The van der Waals surface area contributed by atoms with Gasteiger partial charge in [-0.2, -0.15) is 0 Å². The molecule has 0 radical (unpaired) electrons. The Morgan fingerprint density at radius 2 is 1.56 bits per heavy atom. The molecule has 288 valence electrons. The van der Waals surface area contributed by atoms with Gasteiger partial charge in [-0.05, 0) is 152 Å². The Morgan fingerprint density at radius 3 is 2.19 bits per heavy atom. The van der Waals surface area contributed by atoms with Crippen molar-refractivity contribution in [3.05, 3.63) is 41.5 Å². The molecule has 1 saturated heterocycles.